The van der Waals surface area contributed by atoms with E-state index in [2.05, 4.69) is 0 Å². The first-order chi connectivity index (χ1) is 11.8. The zero-order chi connectivity index (χ0) is 19.9. The van der Waals surface area contributed by atoms with Gasteiger partial charge in [0.25, 0.3) is 0 Å². The first kappa shape index (κ1) is 20.4. The molecule has 0 aliphatic carbocycles. The fraction of sp³-hybridized carbons (Fsp3) is 0.619. The van der Waals surface area contributed by atoms with Crippen molar-refractivity contribution in [3.8, 4) is 5.75 Å². The molecule has 1 atom stereocenters. The molecule has 0 spiro atoms. The number of carbonyl (C=O) groups is 2. The van der Waals surface area contributed by atoms with Crippen molar-refractivity contribution in [2.45, 2.75) is 77.7 Å². The summed E-state index contributed by atoms with van der Waals surface area (Å²) < 4.78 is 0. The van der Waals surface area contributed by atoms with Crippen LogP contribution in [-0.4, -0.2) is 39.6 Å². The van der Waals surface area contributed by atoms with Crippen molar-refractivity contribution in [1.82, 2.24) is 4.90 Å². The molecular weight excluding hydrogens is 330 g/mol. The van der Waals surface area contributed by atoms with E-state index in [1.807, 2.05) is 53.7 Å². The van der Waals surface area contributed by atoms with Gasteiger partial charge in [0.15, 0.2) is 0 Å². The first-order valence-electron chi connectivity index (χ1n) is 9.19. The maximum absolute atomic E-state index is 11.7. The summed E-state index contributed by atoms with van der Waals surface area (Å²) >= 11 is 0. The topological polar surface area (TPSA) is 77.8 Å². The Balaban J connectivity index is 2.31. The number of aliphatic hydroxyl groups is 1. The monoisotopic (exact) mass is 361 g/mol. The minimum absolute atomic E-state index is 0.0221. The number of nitrogens with zero attached hydrogens (tertiary/aromatic N) is 1. The second-order valence-corrected chi connectivity index (χ2v) is 9.30. The van der Waals surface area contributed by atoms with E-state index in [1.54, 1.807) is 0 Å². The van der Waals surface area contributed by atoms with Crippen LogP contribution in [-0.2, 0) is 26.8 Å². The molecule has 2 amide bonds. The summed E-state index contributed by atoms with van der Waals surface area (Å²) in [7, 11) is 0. The third kappa shape index (κ3) is 4.44. The predicted octanol–water partition coefficient (Wildman–Crippen LogP) is 3.04. The zero-order valence-corrected chi connectivity index (χ0v) is 16.7. The van der Waals surface area contributed by atoms with Crippen molar-refractivity contribution in [1.29, 1.82) is 0 Å². The molecule has 1 aromatic rings. The Morgan fingerprint density at radius 2 is 1.38 bits per heavy atom. The first-order valence-corrected chi connectivity index (χ1v) is 9.19. The SMILES string of the molecule is CC(C)(C)c1cc(CC(O)CN2C(=O)CCC2=O)cc(C(C)(C)C)c1O. The van der Waals surface area contributed by atoms with E-state index < -0.39 is 6.10 Å². The maximum atomic E-state index is 11.7. The Hall–Kier alpha value is -1.88. The second kappa shape index (κ2) is 7.03. The van der Waals surface area contributed by atoms with E-state index in [0.29, 0.717) is 12.2 Å². The minimum Gasteiger partial charge on any atom is -0.507 e. The quantitative estimate of drug-likeness (QED) is 0.808. The van der Waals surface area contributed by atoms with Gasteiger partial charge in [-0.1, -0.05) is 53.7 Å². The summed E-state index contributed by atoms with van der Waals surface area (Å²) in [4.78, 5) is 24.7. The Labute approximate surface area is 156 Å². The molecule has 1 aliphatic heterocycles. The van der Waals surface area contributed by atoms with Crippen LogP contribution in [0.25, 0.3) is 0 Å². The van der Waals surface area contributed by atoms with Crippen LogP contribution < -0.4 is 0 Å². The number of phenolic OH excluding ortho intramolecular Hbond substituents is 1. The molecule has 0 saturated carbocycles. The smallest absolute Gasteiger partial charge is 0.229 e. The molecule has 2 N–H and O–H groups in total. The largest absolute Gasteiger partial charge is 0.507 e. The van der Waals surface area contributed by atoms with Crippen LogP contribution in [0.4, 0.5) is 0 Å². The van der Waals surface area contributed by atoms with Gasteiger partial charge in [0.2, 0.25) is 11.8 Å². The van der Waals surface area contributed by atoms with Gasteiger partial charge in [0.05, 0.1) is 12.6 Å². The molecule has 5 heteroatoms. The lowest BCUT2D eigenvalue weighted by atomic mass is 9.78. The number of rotatable bonds is 4. The molecule has 1 heterocycles. The van der Waals surface area contributed by atoms with Crippen LogP contribution >= 0.6 is 0 Å². The number of carbonyl (C=O) groups excluding carboxylic acids is 2. The summed E-state index contributed by atoms with van der Waals surface area (Å²) in [5.74, 6) is -0.135. The number of aliphatic hydroxyl groups excluding tert-OH is 1. The summed E-state index contributed by atoms with van der Waals surface area (Å²) in [5, 5.41) is 21.2. The molecule has 1 saturated heterocycles. The number of benzene rings is 1. The van der Waals surface area contributed by atoms with Crippen LogP contribution in [0.3, 0.4) is 0 Å². The highest BCUT2D eigenvalue weighted by Crippen LogP contribution is 2.40. The fourth-order valence-corrected chi connectivity index (χ4v) is 3.33. The molecule has 0 radical (unpaired) electrons. The van der Waals surface area contributed by atoms with E-state index in [9.17, 15) is 19.8 Å². The minimum atomic E-state index is -0.828. The van der Waals surface area contributed by atoms with Crippen LogP contribution in [0.1, 0.15) is 71.1 Å². The average Bonchev–Trinajstić information content (AvgIpc) is 2.78. The summed E-state index contributed by atoms with van der Waals surface area (Å²) in [6.07, 6.45) is -0.0461. The van der Waals surface area contributed by atoms with Gasteiger partial charge in [0.1, 0.15) is 5.75 Å². The van der Waals surface area contributed by atoms with E-state index >= 15 is 0 Å². The molecule has 144 valence electrons. The van der Waals surface area contributed by atoms with Gasteiger partial charge in [-0.15, -0.1) is 0 Å². The van der Waals surface area contributed by atoms with Crippen LogP contribution in [0.15, 0.2) is 12.1 Å². The standard InChI is InChI=1S/C21H31NO4/c1-20(2,3)15-10-13(11-16(19(15)26)21(4,5)6)9-14(23)12-22-17(24)7-8-18(22)25/h10-11,14,23,26H,7-9,12H2,1-6H3. The van der Waals surface area contributed by atoms with Crippen molar-refractivity contribution in [3.05, 3.63) is 28.8 Å². The average molecular weight is 361 g/mol. The normalized spacial score (nSPS) is 17.1. The molecular formula is C21H31NO4. The number of phenols is 1. The molecule has 1 fully saturated rings. The number of hydrogen-bond acceptors (Lipinski definition) is 4. The second-order valence-electron chi connectivity index (χ2n) is 9.30. The Kier molecular flexibility index (Phi) is 5.52. The number of imide groups is 1. The van der Waals surface area contributed by atoms with Gasteiger partial charge in [-0.05, 0) is 27.5 Å². The van der Waals surface area contributed by atoms with Crippen LogP contribution in [0, 0.1) is 0 Å². The number of aromatic hydroxyl groups is 1. The van der Waals surface area contributed by atoms with Crippen molar-refractivity contribution in [2.24, 2.45) is 0 Å². The summed E-state index contributed by atoms with van der Waals surface area (Å²) in [5.41, 5.74) is 2.07. The van der Waals surface area contributed by atoms with Crippen LogP contribution in [0.2, 0.25) is 0 Å². The highest BCUT2D eigenvalue weighted by Gasteiger charge is 2.31. The van der Waals surface area contributed by atoms with E-state index in [0.717, 1.165) is 21.6 Å². The summed E-state index contributed by atoms with van der Waals surface area (Å²) in [6, 6.07) is 3.84. The van der Waals surface area contributed by atoms with Crippen molar-refractivity contribution in [3.63, 3.8) is 0 Å². The lowest BCUT2D eigenvalue weighted by Crippen LogP contribution is -2.37. The lowest BCUT2D eigenvalue weighted by molar-refractivity contribution is -0.139. The molecule has 5 nitrogen and oxygen atoms in total. The number of β-amino-alcohol motifs (C(OH)–C–C–N with tert-alkyl or cyclic N) is 1. The van der Waals surface area contributed by atoms with Crippen LogP contribution in [0.5, 0.6) is 5.75 Å². The Bertz CT molecular complexity index is 659. The number of hydrogen-bond donors (Lipinski definition) is 2. The highest BCUT2D eigenvalue weighted by atomic mass is 16.3. The van der Waals surface area contributed by atoms with Gasteiger partial charge in [0, 0.05) is 19.3 Å². The number of amides is 2. The fourth-order valence-electron chi connectivity index (χ4n) is 3.33. The van der Waals surface area contributed by atoms with Gasteiger partial charge in [-0.2, -0.15) is 0 Å². The van der Waals surface area contributed by atoms with Crippen molar-refractivity contribution in [2.75, 3.05) is 6.54 Å². The van der Waals surface area contributed by atoms with Crippen molar-refractivity contribution < 1.29 is 19.8 Å². The molecule has 2 rings (SSSR count). The Morgan fingerprint density at radius 1 is 0.962 bits per heavy atom. The summed E-state index contributed by atoms with van der Waals surface area (Å²) in [6.45, 7) is 12.2. The third-order valence-corrected chi connectivity index (χ3v) is 4.81. The van der Waals surface area contributed by atoms with Gasteiger partial charge in [-0.3, -0.25) is 14.5 Å². The molecule has 0 bridgehead atoms. The van der Waals surface area contributed by atoms with E-state index in [-0.39, 0.29) is 42.0 Å². The lowest BCUT2D eigenvalue weighted by Gasteiger charge is -2.29. The van der Waals surface area contributed by atoms with E-state index in [4.69, 9.17) is 0 Å². The molecule has 0 aromatic heterocycles. The predicted molar refractivity (Wildman–Crippen MR) is 101 cm³/mol. The van der Waals surface area contributed by atoms with Crippen molar-refractivity contribution >= 4 is 11.8 Å². The Morgan fingerprint density at radius 3 is 1.77 bits per heavy atom. The highest BCUT2D eigenvalue weighted by molar-refractivity contribution is 6.01. The number of likely N-dealkylation sites (tertiary alicyclic amines) is 1. The van der Waals surface area contributed by atoms with E-state index in [1.165, 1.54) is 0 Å². The molecule has 26 heavy (non-hydrogen) atoms. The van der Waals surface area contributed by atoms with Gasteiger partial charge >= 0.3 is 0 Å². The molecule has 1 unspecified atom stereocenters. The van der Waals surface area contributed by atoms with Gasteiger partial charge < -0.3 is 10.2 Å². The van der Waals surface area contributed by atoms with Gasteiger partial charge in [-0.25, -0.2) is 0 Å². The molecule has 1 aromatic carbocycles. The maximum Gasteiger partial charge on any atom is 0.229 e. The molecule has 1 aliphatic rings. The zero-order valence-electron chi connectivity index (χ0n) is 16.7. The third-order valence-electron chi connectivity index (χ3n) is 4.81.